The minimum Gasteiger partial charge on any atom is -0.274 e. The van der Waals surface area contributed by atoms with Gasteiger partial charge in [0.05, 0.1) is 27.7 Å². The van der Waals surface area contributed by atoms with Crippen LogP contribution in [0.15, 0.2) is 52.9 Å². The summed E-state index contributed by atoms with van der Waals surface area (Å²) in [6.45, 7) is 0. The molecule has 4 atom stereocenters. The number of thiazole rings is 1. The van der Waals surface area contributed by atoms with Crippen LogP contribution in [-0.2, 0) is 15.3 Å². The molecule has 1 saturated carbocycles. The smallest absolute Gasteiger partial charge is 0.238 e. The van der Waals surface area contributed by atoms with Crippen molar-refractivity contribution in [2.45, 2.75) is 16.5 Å². The molecule has 156 valence electrons. The van der Waals surface area contributed by atoms with Gasteiger partial charge in [0.2, 0.25) is 11.8 Å². The van der Waals surface area contributed by atoms with Crippen LogP contribution in [0, 0.1) is 23.7 Å². The second kappa shape index (κ2) is 7.34. The number of halogens is 2. The molecular formula is C23H16Cl2N2O2S2. The molecule has 2 aromatic carbocycles. The fraction of sp³-hybridized carbons (Fsp3) is 0.261. The second-order valence-electron chi connectivity index (χ2n) is 8.17. The van der Waals surface area contributed by atoms with Gasteiger partial charge in [-0.25, -0.2) is 9.88 Å². The predicted molar refractivity (Wildman–Crippen MR) is 126 cm³/mol. The Kier molecular flexibility index (Phi) is 4.69. The van der Waals surface area contributed by atoms with Gasteiger partial charge in [-0.1, -0.05) is 47.1 Å². The highest BCUT2D eigenvalue weighted by Gasteiger charge is 2.59. The van der Waals surface area contributed by atoms with Gasteiger partial charge in [-0.3, -0.25) is 9.59 Å². The number of hydrogen-bond acceptors (Lipinski definition) is 5. The zero-order valence-electron chi connectivity index (χ0n) is 16.1. The van der Waals surface area contributed by atoms with Crippen LogP contribution in [0.3, 0.4) is 0 Å². The molecule has 0 unspecified atom stereocenters. The minimum atomic E-state index is -0.187. The SMILES string of the molecule is O=C1[C@@H]2[C@@H](C(=O)N1c1ccc3nc(SCc4cc(Cl)ccc4Cl)sc3c1)[C@H]1C=C[C@H]2C1. The Labute approximate surface area is 197 Å². The van der Waals surface area contributed by atoms with Crippen LogP contribution >= 0.6 is 46.3 Å². The summed E-state index contributed by atoms with van der Waals surface area (Å²) in [6, 6.07) is 11.1. The van der Waals surface area contributed by atoms with E-state index in [1.165, 1.54) is 4.90 Å². The van der Waals surface area contributed by atoms with Crippen molar-refractivity contribution < 1.29 is 9.59 Å². The number of carbonyl (C=O) groups is 2. The van der Waals surface area contributed by atoms with Gasteiger partial charge in [0.1, 0.15) is 0 Å². The molecule has 31 heavy (non-hydrogen) atoms. The summed E-state index contributed by atoms with van der Waals surface area (Å²) in [5.41, 5.74) is 2.46. The molecule has 3 aromatic rings. The first kappa shape index (κ1) is 19.8. The largest absolute Gasteiger partial charge is 0.274 e. The first-order chi connectivity index (χ1) is 15.0. The first-order valence-corrected chi connectivity index (χ1v) is 12.6. The first-order valence-electron chi connectivity index (χ1n) is 10.0. The molecule has 8 heteroatoms. The van der Waals surface area contributed by atoms with Gasteiger partial charge in [0.25, 0.3) is 0 Å². The Bertz CT molecular complexity index is 1260. The average Bonchev–Trinajstić information content (AvgIpc) is 3.51. The molecule has 2 aliphatic carbocycles. The molecule has 0 radical (unpaired) electrons. The number of amides is 2. The predicted octanol–water partition coefficient (Wildman–Crippen LogP) is 6.21. The lowest BCUT2D eigenvalue weighted by atomic mass is 9.85. The molecule has 3 aliphatic rings. The number of rotatable bonds is 4. The van der Waals surface area contributed by atoms with Crippen molar-refractivity contribution in [3.63, 3.8) is 0 Å². The van der Waals surface area contributed by atoms with Crippen molar-refractivity contribution in [3.05, 3.63) is 64.2 Å². The molecule has 0 N–H and O–H groups in total. The van der Waals surface area contributed by atoms with Crippen LogP contribution < -0.4 is 4.90 Å². The standard InChI is InChI=1S/C23H16Cl2N2O2S2/c24-14-3-5-16(25)13(8-14)10-30-23-26-17-6-4-15(9-18(17)31-23)27-21(28)19-11-1-2-12(7-11)20(19)22(27)29/h1-6,8-9,11-12,19-20H,7,10H2/t11-,12-,19-,20-/m0/s1. The number of fused-ring (bicyclic) bond motifs is 6. The highest BCUT2D eigenvalue weighted by molar-refractivity contribution is 8.00. The van der Waals surface area contributed by atoms with Gasteiger partial charge in [0.15, 0.2) is 4.34 Å². The number of benzene rings is 2. The molecular weight excluding hydrogens is 471 g/mol. The van der Waals surface area contributed by atoms with E-state index in [1.54, 1.807) is 35.2 Å². The molecule has 1 saturated heterocycles. The van der Waals surface area contributed by atoms with E-state index in [-0.39, 0.29) is 35.5 Å². The maximum absolute atomic E-state index is 13.1. The molecule has 2 fully saturated rings. The summed E-state index contributed by atoms with van der Waals surface area (Å²) in [4.78, 5) is 32.2. The van der Waals surface area contributed by atoms with Gasteiger partial charge in [-0.2, -0.15) is 0 Å². The van der Waals surface area contributed by atoms with E-state index in [1.807, 2.05) is 24.3 Å². The quantitative estimate of drug-likeness (QED) is 0.250. The van der Waals surface area contributed by atoms with E-state index in [2.05, 4.69) is 17.1 Å². The van der Waals surface area contributed by atoms with Crippen LogP contribution in [0.1, 0.15) is 12.0 Å². The van der Waals surface area contributed by atoms with Crippen LogP contribution in [0.5, 0.6) is 0 Å². The number of hydrogen-bond donors (Lipinski definition) is 0. The van der Waals surface area contributed by atoms with E-state index in [0.29, 0.717) is 21.5 Å². The Balaban J connectivity index is 1.26. The number of carbonyl (C=O) groups excluding carboxylic acids is 2. The molecule has 2 bridgehead atoms. The number of thioether (sulfide) groups is 1. The Hall–Kier alpha value is -1.86. The van der Waals surface area contributed by atoms with Gasteiger partial charge in [0, 0.05) is 15.8 Å². The summed E-state index contributed by atoms with van der Waals surface area (Å²) < 4.78 is 1.86. The normalized spacial score (nSPS) is 26.5. The van der Waals surface area contributed by atoms with Crippen LogP contribution in [-0.4, -0.2) is 16.8 Å². The number of anilines is 1. The summed E-state index contributed by atoms with van der Waals surface area (Å²) in [6.07, 6.45) is 5.16. The van der Waals surface area contributed by atoms with Gasteiger partial charge in [-0.15, -0.1) is 11.3 Å². The molecule has 4 nitrogen and oxygen atoms in total. The molecule has 1 aromatic heterocycles. The lowest BCUT2D eigenvalue weighted by Gasteiger charge is -2.17. The Morgan fingerprint density at radius 3 is 2.52 bits per heavy atom. The zero-order valence-corrected chi connectivity index (χ0v) is 19.3. The summed E-state index contributed by atoms with van der Waals surface area (Å²) in [5.74, 6) is 0.604. The third-order valence-electron chi connectivity index (χ3n) is 6.44. The summed E-state index contributed by atoms with van der Waals surface area (Å²) >= 11 is 15.5. The van der Waals surface area contributed by atoms with Crippen molar-refractivity contribution in [1.29, 1.82) is 0 Å². The van der Waals surface area contributed by atoms with E-state index < -0.39 is 0 Å². The molecule has 0 spiro atoms. The monoisotopic (exact) mass is 486 g/mol. The van der Waals surface area contributed by atoms with Gasteiger partial charge >= 0.3 is 0 Å². The fourth-order valence-electron chi connectivity index (χ4n) is 5.04. The van der Waals surface area contributed by atoms with Crippen molar-refractivity contribution in [3.8, 4) is 0 Å². The van der Waals surface area contributed by atoms with Gasteiger partial charge in [-0.05, 0) is 60.2 Å². The van der Waals surface area contributed by atoms with E-state index in [4.69, 9.17) is 23.2 Å². The van der Waals surface area contributed by atoms with E-state index in [0.717, 1.165) is 26.5 Å². The van der Waals surface area contributed by atoms with Crippen molar-refractivity contribution in [2.75, 3.05) is 4.90 Å². The minimum absolute atomic E-state index is 0.0547. The third-order valence-corrected chi connectivity index (χ3v) is 9.25. The van der Waals surface area contributed by atoms with Gasteiger partial charge < -0.3 is 0 Å². The van der Waals surface area contributed by atoms with Crippen molar-refractivity contribution in [1.82, 2.24) is 4.98 Å². The zero-order chi connectivity index (χ0) is 21.3. The van der Waals surface area contributed by atoms with Crippen molar-refractivity contribution in [2.24, 2.45) is 23.7 Å². The van der Waals surface area contributed by atoms with E-state index in [9.17, 15) is 9.59 Å². The number of nitrogens with zero attached hydrogens (tertiary/aromatic N) is 2. The van der Waals surface area contributed by atoms with Crippen LogP contribution in [0.2, 0.25) is 10.0 Å². The highest BCUT2D eigenvalue weighted by Crippen LogP contribution is 2.53. The molecule has 2 heterocycles. The summed E-state index contributed by atoms with van der Waals surface area (Å²) in [7, 11) is 0. The Morgan fingerprint density at radius 1 is 1.03 bits per heavy atom. The molecule has 1 aliphatic heterocycles. The number of aromatic nitrogens is 1. The maximum atomic E-state index is 13.1. The number of allylic oxidation sites excluding steroid dienone is 2. The molecule has 6 rings (SSSR count). The lowest BCUT2D eigenvalue weighted by Crippen LogP contribution is -2.32. The third kappa shape index (κ3) is 3.15. The highest BCUT2D eigenvalue weighted by atomic mass is 35.5. The Morgan fingerprint density at radius 2 is 1.77 bits per heavy atom. The topological polar surface area (TPSA) is 50.3 Å². The maximum Gasteiger partial charge on any atom is 0.238 e. The van der Waals surface area contributed by atoms with E-state index >= 15 is 0 Å². The fourth-order valence-corrected chi connectivity index (χ4v) is 7.59. The summed E-state index contributed by atoms with van der Waals surface area (Å²) in [5, 5.41) is 1.34. The average molecular weight is 487 g/mol. The molecule has 2 amide bonds. The number of imide groups is 1. The van der Waals surface area contributed by atoms with Crippen molar-refractivity contribution >= 4 is 74.0 Å². The lowest BCUT2D eigenvalue weighted by molar-refractivity contribution is -0.123. The second-order valence-corrected chi connectivity index (χ2v) is 11.3. The van der Waals surface area contributed by atoms with Crippen LogP contribution in [0.4, 0.5) is 5.69 Å². The van der Waals surface area contributed by atoms with Crippen LogP contribution in [0.25, 0.3) is 10.2 Å².